The second kappa shape index (κ2) is 8.65. The van der Waals surface area contributed by atoms with E-state index in [0.29, 0.717) is 12.0 Å². The van der Waals surface area contributed by atoms with Gasteiger partial charge in [0.1, 0.15) is 0 Å². The highest BCUT2D eigenvalue weighted by Crippen LogP contribution is 2.32. The van der Waals surface area contributed by atoms with Crippen LogP contribution in [0.25, 0.3) is 0 Å². The minimum atomic E-state index is 0.0599. The van der Waals surface area contributed by atoms with Gasteiger partial charge in [0, 0.05) is 31.5 Å². The Kier molecular flexibility index (Phi) is 6.30. The summed E-state index contributed by atoms with van der Waals surface area (Å²) < 4.78 is 5.65. The third-order valence-electron chi connectivity index (χ3n) is 5.56. The lowest BCUT2D eigenvalue weighted by atomic mass is 9.87. The fourth-order valence-corrected chi connectivity index (χ4v) is 4.20. The van der Waals surface area contributed by atoms with Crippen molar-refractivity contribution in [1.82, 2.24) is 15.4 Å². The molecule has 2 fully saturated rings. The summed E-state index contributed by atoms with van der Waals surface area (Å²) in [6.07, 6.45) is 11.3. The molecule has 1 aliphatic heterocycles. The molecule has 0 unspecified atom stereocenters. The van der Waals surface area contributed by atoms with Gasteiger partial charge in [-0.1, -0.05) is 30.8 Å². The molecule has 134 valence electrons. The first-order chi connectivity index (χ1) is 11.7. The third kappa shape index (κ3) is 4.82. The summed E-state index contributed by atoms with van der Waals surface area (Å²) in [6.45, 7) is 4.31. The number of nitrogens with one attached hydrogen (secondary N) is 1. The number of aromatic nitrogens is 1. The Morgan fingerprint density at radius 2 is 2.04 bits per heavy atom. The lowest BCUT2D eigenvalue weighted by Gasteiger charge is -2.35. The molecule has 1 N–H and O–H groups in total. The largest absolute Gasteiger partial charge is 0.360 e. The number of rotatable bonds is 6. The van der Waals surface area contributed by atoms with Crippen LogP contribution in [0.15, 0.2) is 10.6 Å². The number of hydrogen-bond acceptors (Lipinski definition) is 4. The van der Waals surface area contributed by atoms with E-state index in [0.717, 1.165) is 37.5 Å². The van der Waals surface area contributed by atoms with Crippen LogP contribution in [0.2, 0.25) is 0 Å². The molecule has 0 spiro atoms. The quantitative estimate of drug-likeness (QED) is 0.864. The minimum absolute atomic E-state index is 0.0599. The molecule has 1 amide bonds. The second-order valence-corrected chi connectivity index (χ2v) is 7.44. The zero-order valence-electron chi connectivity index (χ0n) is 14.9. The van der Waals surface area contributed by atoms with Crippen LogP contribution < -0.4 is 5.32 Å². The molecule has 5 nitrogen and oxygen atoms in total. The average molecular weight is 333 g/mol. The SMILES string of the molecule is CC(=O)NCC[C@@H]1CCCCN1Cc1cc(C2CCCCC2)no1. The van der Waals surface area contributed by atoms with Crippen LogP contribution in [0.5, 0.6) is 0 Å². The van der Waals surface area contributed by atoms with Gasteiger partial charge >= 0.3 is 0 Å². The summed E-state index contributed by atoms with van der Waals surface area (Å²) in [5, 5.41) is 7.28. The van der Waals surface area contributed by atoms with Gasteiger partial charge in [-0.3, -0.25) is 9.69 Å². The molecule has 1 aromatic heterocycles. The first-order valence-corrected chi connectivity index (χ1v) is 9.66. The van der Waals surface area contributed by atoms with Crippen molar-refractivity contribution >= 4 is 5.91 Å². The molecule has 2 aliphatic rings. The molecule has 0 aromatic carbocycles. The summed E-state index contributed by atoms with van der Waals surface area (Å²) in [4.78, 5) is 13.6. The number of carbonyl (C=O) groups excluding carboxylic acids is 1. The van der Waals surface area contributed by atoms with Crippen LogP contribution in [0, 0.1) is 0 Å². The first-order valence-electron chi connectivity index (χ1n) is 9.66. The van der Waals surface area contributed by atoms with Gasteiger partial charge in [-0.05, 0) is 38.6 Å². The van der Waals surface area contributed by atoms with E-state index in [4.69, 9.17) is 4.52 Å². The van der Waals surface area contributed by atoms with Crippen molar-refractivity contribution < 1.29 is 9.32 Å². The van der Waals surface area contributed by atoms with Crippen LogP contribution in [0.3, 0.4) is 0 Å². The molecule has 5 heteroatoms. The Morgan fingerprint density at radius 1 is 1.25 bits per heavy atom. The fraction of sp³-hybridized carbons (Fsp3) is 0.789. The van der Waals surface area contributed by atoms with Gasteiger partial charge in [0.15, 0.2) is 5.76 Å². The highest BCUT2D eigenvalue weighted by Gasteiger charge is 2.25. The van der Waals surface area contributed by atoms with Crippen LogP contribution in [-0.2, 0) is 11.3 Å². The van der Waals surface area contributed by atoms with E-state index >= 15 is 0 Å². The number of carbonyl (C=O) groups is 1. The molecule has 1 atom stereocenters. The molecule has 3 rings (SSSR count). The summed E-state index contributed by atoms with van der Waals surface area (Å²) in [5.41, 5.74) is 1.16. The van der Waals surface area contributed by atoms with Crippen molar-refractivity contribution in [1.29, 1.82) is 0 Å². The Morgan fingerprint density at radius 3 is 2.83 bits per heavy atom. The second-order valence-electron chi connectivity index (χ2n) is 7.44. The van der Waals surface area contributed by atoms with Gasteiger partial charge < -0.3 is 9.84 Å². The molecule has 1 saturated heterocycles. The molecular formula is C19H31N3O2. The van der Waals surface area contributed by atoms with Crippen molar-refractivity contribution in [3.8, 4) is 0 Å². The van der Waals surface area contributed by atoms with E-state index < -0.39 is 0 Å². The lowest BCUT2D eigenvalue weighted by Crippen LogP contribution is -2.40. The van der Waals surface area contributed by atoms with E-state index in [-0.39, 0.29) is 5.91 Å². The van der Waals surface area contributed by atoms with Crippen molar-refractivity contribution in [2.24, 2.45) is 0 Å². The Hall–Kier alpha value is -1.36. The Balaban J connectivity index is 1.54. The van der Waals surface area contributed by atoms with Gasteiger partial charge in [-0.15, -0.1) is 0 Å². The number of amides is 1. The molecule has 24 heavy (non-hydrogen) atoms. The molecule has 1 aromatic rings. The van der Waals surface area contributed by atoms with E-state index in [1.165, 1.54) is 51.4 Å². The van der Waals surface area contributed by atoms with E-state index in [9.17, 15) is 4.79 Å². The maximum Gasteiger partial charge on any atom is 0.216 e. The zero-order chi connectivity index (χ0) is 16.8. The van der Waals surface area contributed by atoms with Crippen molar-refractivity contribution in [2.45, 2.75) is 83.2 Å². The number of likely N-dealkylation sites (tertiary alicyclic amines) is 1. The average Bonchev–Trinajstić information content (AvgIpc) is 3.05. The monoisotopic (exact) mass is 333 g/mol. The lowest BCUT2D eigenvalue weighted by molar-refractivity contribution is -0.119. The molecule has 2 heterocycles. The maximum absolute atomic E-state index is 11.1. The van der Waals surface area contributed by atoms with E-state index in [1.54, 1.807) is 6.92 Å². The van der Waals surface area contributed by atoms with Crippen molar-refractivity contribution in [2.75, 3.05) is 13.1 Å². The van der Waals surface area contributed by atoms with Crippen LogP contribution in [-0.4, -0.2) is 35.1 Å². The fourth-order valence-electron chi connectivity index (χ4n) is 4.20. The molecule has 1 saturated carbocycles. The number of piperidine rings is 1. The standard InChI is InChI=1S/C19H31N3O2/c1-15(23)20-11-10-17-9-5-6-12-22(17)14-18-13-19(21-24-18)16-7-3-2-4-8-16/h13,16-17H,2-12,14H2,1H3,(H,20,23)/t17-/m0/s1. The highest BCUT2D eigenvalue weighted by molar-refractivity contribution is 5.72. The number of nitrogens with zero attached hydrogens (tertiary/aromatic N) is 2. The van der Waals surface area contributed by atoms with E-state index in [1.807, 2.05) is 0 Å². The predicted octanol–water partition coefficient (Wildman–Crippen LogP) is 3.60. The molecular weight excluding hydrogens is 302 g/mol. The highest BCUT2D eigenvalue weighted by atomic mass is 16.5. The Labute approximate surface area is 145 Å². The molecule has 0 bridgehead atoms. The van der Waals surface area contributed by atoms with Crippen LogP contribution in [0.1, 0.15) is 82.1 Å². The van der Waals surface area contributed by atoms with Crippen molar-refractivity contribution in [3.05, 3.63) is 17.5 Å². The summed E-state index contributed by atoms with van der Waals surface area (Å²) in [5.74, 6) is 1.67. The molecule has 0 radical (unpaired) electrons. The van der Waals surface area contributed by atoms with E-state index in [2.05, 4.69) is 21.4 Å². The van der Waals surface area contributed by atoms with Gasteiger partial charge in [-0.25, -0.2) is 0 Å². The number of hydrogen-bond donors (Lipinski definition) is 1. The normalized spacial score (nSPS) is 23.3. The summed E-state index contributed by atoms with van der Waals surface area (Å²) in [7, 11) is 0. The van der Waals surface area contributed by atoms with Gasteiger partial charge in [0.2, 0.25) is 5.91 Å². The predicted molar refractivity (Wildman–Crippen MR) is 93.7 cm³/mol. The van der Waals surface area contributed by atoms with Gasteiger partial charge in [0.25, 0.3) is 0 Å². The summed E-state index contributed by atoms with van der Waals surface area (Å²) >= 11 is 0. The third-order valence-corrected chi connectivity index (χ3v) is 5.56. The van der Waals surface area contributed by atoms with Crippen molar-refractivity contribution in [3.63, 3.8) is 0 Å². The summed E-state index contributed by atoms with van der Waals surface area (Å²) in [6, 6.07) is 2.73. The van der Waals surface area contributed by atoms with Gasteiger partial charge in [-0.2, -0.15) is 0 Å². The van der Waals surface area contributed by atoms with Crippen LogP contribution >= 0.6 is 0 Å². The van der Waals surface area contributed by atoms with Crippen LogP contribution in [0.4, 0.5) is 0 Å². The maximum atomic E-state index is 11.1. The topological polar surface area (TPSA) is 58.4 Å². The Bertz CT molecular complexity index is 522. The first kappa shape index (κ1) is 17.5. The van der Waals surface area contributed by atoms with Gasteiger partial charge in [0.05, 0.1) is 12.2 Å². The minimum Gasteiger partial charge on any atom is -0.360 e. The zero-order valence-corrected chi connectivity index (χ0v) is 14.9. The molecule has 1 aliphatic carbocycles. The smallest absolute Gasteiger partial charge is 0.216 e.